The maximum atomic E-state index is 2.35. The van der Waals surface area contributed by atoms with Crippen molar-refractivity contribution in [3.8, 4) is 0 Å². The molecule has 72 valence electrons. The highest BCUT2D eigenvalue weighted by molar-refractivity contribution is 7.41. The van der Waals surface area contributed by atoms with Crippen LogP contribution in [0.5, 0.6) is 0 Å². The minimum Gasteiger partial charge on any atom is -0.0812 e. The van der Waals surface area contributed by atoms with Gasteiger partial charge < -0.3 is 0 Å². The van der Waals surface area contributed by atoms with Gasteiger partial charge in [0.2, 0.25) is 0 Å². The second-order valence-corrected chi connectivity index (χ2v) is 4.72. The fourth-order valence-electron chi connectivity index (χ4n) is 1.85. The number of benzene rings is 1. The summed E-state index contributed by atoms with van der Waals surface area (Å²) in [6.07, 6.45) is 4.54. The average Bonchev–Trinajstić information content (AvgIpc) is 2.30. The summed E-state index contributed by atoms with van der Waals surface area (Å²) in [5.41, 5.74) is 3.01. The van der Waals surface area contributed by atoms with E-state index >= 15 is 0 Å². The van der Waals surface area contributed by atoms with Gasteiger partial charge >= 0.3 is 0 Å². The first kappa shape index (κ1) is 9.68. The SMILES string of the molecule is CC1CC=P/C=C\Cc2ccccc21. The van der Waals surface area contributed by atoms with Crippen LogP contribution in [0.1, 0.15) is 30.4 Å². The molecule has 0 radical (unpaired) electrons. The van der Waals surface area contributed by atoms with Gasteiger partial charge in [-0.1, -0.05) is 51.3 Å². The fourth-order valence-corrected chi connectivity index (χ4v) is 2.63. The molecule has 2 rings (SSSR count). The van der Waals surface area contributed by atoms with E-state index in [0.29, 0.717) is 5.92 Å². The third kappa shape index (κ3) is 2.13. The summed E-state index contributed by atoms with van der Waals surface area (Å²) in [6, 6.07) is 8.80. The largest absolute Gasteiger partial charge is 0.0812 e. The van der Waals surface area contributed by atoms with Gasteiger partial charge in [-0.25, -0.2) is 0 Å². The molecule has 0 aromatic heterocycles. The van der Waals surface area contributed by atoms with Crippen LogP contribution < -0.4 is 0 Å². The summed E-state index contributed by atoms with van der Waals surface area (Å²) >= 11 is 0. The topological polar surface area (TPSA) is 0 Å². The molecule has 1 aromatic rings. The molecule has 1 heterocycles. The number of hydrogen-bond donors (Lipinski definition) is 0. The average molecular weight is 202 g/mol. The van der Waals surface area contributed by atoms with Gasteiger partial charge in [0.05, 0.1) is 0 Å². The van der Waals surface area contributed by atoms with Crippen molar-refractivity contribution >= 4 is 14.0 Å². The molecule has 0 N–H and O–H groups in total. The summed E-state index contributed by atoms with van der Waals surface area (Å²) in [6.45, 7) is 2.32. The van der Waals surface area contributed by atoms with Crippen LogP contribution in [0.3, 0.4) is 0 Å². The Morgan fingerprint density at radius 3 is 3.07 bits per heavy atom. The van der Waals surface area contributed by atoms with E-state index < -0.39 is 0 Å². The van der Waals surface area contributed by atoms with Gasteiger partial charge in [-0.15, -0.1) is 0 Å². The molecule has 0 bridgehead atoms. The van der Waals surface area contributed by atoms with Gasteiger partial charge in [0.1, 0.15) is 0 Å². The molecule has 0 fully saturated rings. The molecule has 0 spiro atoms. The van der Waals surface area contributed by atoms with E-state index in [-0.39, 0.29) is 0 Å². The predicted octanol–water partition coefficient (Wildman–Crippen LogP) is 4.00. The second kappa shape index (κ2) is 4.57. The summed E-state index contributed by atoms with van der Waals surface area (Å²) < 4.78 is 0. The standard InChI is InChI=1S/C13H15P/c1-11-8-10-14-9-4-6-12-5-2-3-7-13(11)12/h2-5,7,9-11H,6,8H2,1H3/b9-4-. The molecule has 0 aliphatic carbocycles. The van der Waals surface area contributed by atoms with E-state index in [9.17, 15) is 0 Å². The van der Waals surface area contributed by atoms with Crippen molar-refractivity contribution in [3.05, 3.63) is 47.3 Å². The van der Waals surface area contributed by atoms with Crippen molar-refractivity contribution < 1.29 is 0 Å². The Bertz CT molecular complexity index is 363. The maximum absolute atomic E-state index is 2.35. The molecule has 1 aliphatic heterocycles. The Hall–Kier alpha value is -0.870. The van der Waals surface area contributed by atoms with Gasteiger partial charge in [-0.2, -0.15) is 0 Å². The lowest BCUT2D eigenvalue weighted by molar-refractivity contribution is 0.805. The van der Waals surface area contributed by atoms with Crippen LogP contribution in [0, 0.1) is 0 Å². The smallest absolute Gasteiger partial charge is 0.00881 e. The molecule has 1 aromatic carbocycles. The van der Waals surface area contributed by atoms with Crippen LogP contribution in [-0.4, -0.2) is 5.80 Å². The van der Waals surface area contributed by atoms with Gasteiger partial charge in [-0.3, -0.25) is 0 Å². The van der Waals surface area contributed by atoms with Crippen molar-refractivity contribution in [2.45, 2.75) is 25.7 Å². The van der Waals surface area contributed by atoms with E-state index in [1.165, 1.54) is 25.8 Å². The number of rotatable bonds is 0. The van der Waals surface area contributed by atoms with Crippen molar-refractivity contribution in [3.63, 3.8) is 0 Å². The molecule has 1 aliphatic rings. The summed E-state index contributed by atoms with van der Waals surface area (Å²) in [5, 5.41) is 0. The zero-order valence-electron chi connectivity index (χ0n) is 8.48. The number of fused-ring (bicyclic) bond motifs is 1. The maximum Gasteiger partial charge on any atom is -0.00881 e. The first-order chi connectivity index (χ1) is 6.88. The summed E-state index contributed by atoms with van der Waals surface area (Å²) in [4.78, 5) is 0. The Kier molecular flexibility index (Phi) is 3.16. The predicted molar refractivity (Wildman–Crippen MR) is 65.3 cm³/mol. The van der Waals surface area contributed by atoms with E-state index in [1.54, 1.807) is 0 Å². The van der Waals surface area contributed by atoms with E-state index in [0.717, 1.165) is 6.42 Å². The lowest BCUT2D eigenvalue weighted by Gasteiger charge is -2.13. The van der Waals surface area contributed by atoms with Crippen LogP contribution in [0.15, 0.2) is 36.2 Å². The zero-order valence-corrected chi connectivity index (χ0v) is 9.37. The first-order valence-corrected chi connectivity index (χ1v) is 6.15. The first-order valence-electron chi connectivity index (χ1n) is 5.12. The quantitative estimate of drug-likeness (QED) is 0.558. The Morgan fingerprint density at radius 2 is 2.14 bits per heavy atom. The minimum atomic E-state index is 0.665. The van der Waals surface area contributed by atoms with Gasteiger partial charge in [0, 0.05) is 0 Å². The van der Waals surface area contributed by atoms with E-state index in [1.807, 2.05) is 0 Å². The summed E-state index contributed by atoms with van der Waals surface area (Å²) in [7, 11) is 1.35. The molecule has 0 saturated heterocycles. The molecule has 0 amide bonds. The highest BCUT2D eigenvalue weighted by Crippen LogP contribution is 2.24. The second-order valence-electron chi connectivity index (χ2n) is 3.76. The highest BCUT2D eigenvalue weighted by Gasteiger charge is 2.08. The summed E-state index contributed by atoms with van der Waals surface area (Å²) in [5.74, 6) is 5.26. The molecule has 1 heteroatoms. The van der Waals surface area contributed by atoms with Crippen LogP contribution in [0.25, 0.3) is 0 Å². The van der Waals surface area contributed by atoms with Gasteiger partial charge in [-0.05, 0) is 35.7 Å². The molecule has 0 saturated carbocycles. The number of allylic oxidation sites excluding steroid dienone is 1. The van der Waals surface area contributed by atoms with Crippen molar-refractivity contribution in [1.82, 2.24) is 0 Å². The number of hydrogen-bond acceptors (Lipinski definition) is 0. The van der Waals surface area contributed by atoms with Crippen LogP contribution in [-0.2, 0) is 6.42 Å². The van der Waals surface area contributed by atoms with Crippen molar-refractivity contribution in [2.24, 2.45) is 0 Å². The van der Waals surface area contributed by atoms with Crippen molar-refractivity contribution in [1.29, 1.82) is 0 Å². The fraction of sp³-hybridized carbons (Fsp3) is 0.308. The Balaban J connectivity index is 2.39. The molecular weight excluding hydrogens is 187 g/mol. The normalized spacial score (nSPS) is 24.2. The monoisotopic (exact) mass is 202 g/mol. The lowest BCUT2D eigenvalue weighted by atomic mass is 9.92. The van der Waals surface area contributed by atoms with Crippen LogP contribution in [0.2, 0.25) is 0 Å². The molecule has 1 atom stereocenters. The highest BCUT2D eigenvalue weighted by atomic mass is 31.1. The van der Waals surface area contributed by atoms with Crippen molar-refractivity contribution in [2.75, 3.05) is 0 Å². The van der Waals surface area contributed by atoms with E-state index in [2.05, 4.69) is 48.9 Å². The van der Waals surface area contributed by atoms with Gasteiger partial charge in [0.15, 0.2) is 0 Å². The van der Waals surface area contributed by atoms with Crippen LogP contribution >= 0.6 is 8.20 Å². The molecule has 0 nitrogen and oxygen atoms in total. The Labute approximate surface area is 87.5 Å². The lowest BCUT2D eigenvalue weighted by Crippen LogP contribution is -1.98. The van der Waals surface area contributed by atoms with E-state index in [4.69, 9.17) is 0 Å². The zero-order chi connectivity index (χ0) is 9.80. The third-order valence-corrected chi connectivity index (χ3v) is 3.48. The molecule has 1 unspecified atom stereocenters. The molecule has 14 heavy (non-hydrogen) atoms. The third-order valence-electron chi connectivity index (χ3n) is 2.68. The minimum absolute atomic E-state index is 0.665. The van der Waals surface area contributed by atoms with Gasteiger partial charge in [0.25, 0.3) is 0 Å². The molecular formula is C13H15P. The Morgan fingerprint density at radius 1 is 1.29 bits per heavy atom. The van der Waals surface area contributed by atoms with Crippen LogP contribution in [0.4, 0.5) is 0 Å².